The van der Waals surface area contributed by atoms with E-state index in [0.717, 1.165) is 0 Å². The molecule has 3 rings (SSSR count). The summed E-state index contributed by atoms with van der Waals surface area (Å²) in [5.74, 6) is 1.39. The zero-order valence-electron chi connectivity index (χ0n) is 10.4. The van der Waals surface area contributed by atoms with E-state index in [9.17, 15) is 0 Å². The van der Waals surface area contributed by atoms with Gasteiger partial charge < -0.3 is 4.74 Å². The monoisotopic (exact) mass is 285 g/mol. The number of fused-ring (bicyclic) bond motifs is 1. The van der Waals surface area contributed by atoms with Crippen LogP contribution in [0, 0.1) is 18.3 Å². The lowest BCUT2D eigenvalue weighted by atomic mass is 10.2. The van der Waals surface area contributed by atoms with Crippen molar-refractivity contribution in [1.29, 1.82) is 5.26 Å². The smallest absolute Gasteiger partial charge is 0.256 e. The number of halogens is 1. The summed E-state index contributed by atoms with van der Waals surface area (Å²) in [7, 11) is 0. The molecule has 0 aliphatic rings. The quantitative estimate of drug-likeness (QED) is 0.677. The first-order valence-electron chi connectivity index (χ1n) is 5.73. The summed E-state index contributed by atoms with van der Waals surface area (Å²) in [5.41, 5.74) is 1.22. The minimum atomic E-state index is 0.314. The van der Waals surface area contributed by atoms with Crippen LogP contribution in [0.2, 0.25) is 5.15 Å². The molecule has 0 amide bonds. The number of aromatic nitrogens is 4. The van der Waals surface area contributed by atoms with Gasteiger partial charge in [-0.15, -0.1) is 0 Å². The zero-order valence-corrected chi connectivity index (χ0v) is 11.2. The minimum absolute atomic E-state index is 0.314. The molecular formula is C13H8ClN5O. The fraction of sp³-hybridized carbons (Fsp3) is 0.0769. The summed E-state index contributed by atoms with van der Waals surface area (Å²) >= 11 is 6.05. The van der Waals surface area contributed by atoms with Crippen molar-refractivity contribution < 1.29 is 4.74 Å². The molecule has 0 fully saturated rings. The van der Waals surface area contributed by atoms with E-state index in [0.29, 0.717) is 33.7 Å². The molecule has 0 aliphatic heterocycles. The molecule has 20 heavy (non-hydrogen) atoms. The van der Waals surface area contributed by atoms with Crippen molar-refractivity contribution in [3.05, 3.63) is 46.9 Å². The van der Waals surface area contributed by atoms with Crippen molar-refractivity contribution in [2.24, 2.45) is 0 Å². The van der Waals surface area contributed by atoms with Gasteiger partial charge in [0.1, 0.15) is 17.2 Å². The van der Waals surface area contributed by atoms with Gasteiger partial charge in [-0.3, -0.25) is 0 Å². The molecule has 98 valence electrons. The number of hydrogen-bond donors (Lipinski definition) is 0. The Morgan fingerprint density at radius 2 is 2.05 bits per heavy atom. The molecule has 0 atom stereocenters. The van der Waals surface area contributed by atoms with Gasteiger partial charge in [-0.2, -0.15) is 24.8 Å². The second-order valence-corrected chi connectivity index (χ2v) is 4.40. The zero-order chi connectivity index (χ0) is 14.1. The van der Waals surface area contributed by atoms with Crippen molar-refractivity contribution in [3.63, 3.8) is 0 Å². The Hall–Kier alpha value is -2.65. The molecule has 2 aromatic heterocycles. The molecule has 0 bridgehead atoms. The average molecular weight is 286 g/mol. The van der Waals surface area contributed by atoms with Crippen LogP contribution in [-0.2, 0) is 0 Å². The molecule has 2 heterocycles. The summed E-state index contributed by atoms with van der Waals surface area (Å²) in [4.78, 5) is 8.08. The normalized spacial score (nSPS) is 10.4. The molecule has 6 nitrogen and oxygen atoms in total. The van der Waals surface area contributed by atoms with Crippen LogP contribution in [0.3, 0.4) is 0 Å². The Kier molecular flexibility index (Phi) is 2.97. The lowest BCUT2D eigenvalue weighted by Gasteiger charge is -2.10. The van der Waals surface area contributed by atoms with Gasteiger partial charge in [-0.1, -0.05) is 11.6 Å². The Labute approximate surface area is 119 Å². The van der Waals surface area contributed by atoms with E-state index in [4.69, 9.17) is 21.6 Å². The Balaban J connectivity index is 2.07. The van der Waals surface area contributed by atoms with Gasteiger partial charge in [0.05, 0.1) is 11.6 Å². The SMILES string of the molecule is Cc1c(Cl)nc2ncnn2c1Oc1ccc(C#N)cc1. The van der Waals surface area contributed by atoms with E-state index < -0.39 is 0 Å². The summed E-state index contributed by atoms with van der Waals surface area (Å²) in [6.45, 7) is 1.79. The van der Waals surface area contributed by atoms with E-state index in [2.05, 4.69) is 15.1 Å². The van der Waals surface area contributed by atoms with Crippen LogP contribution in [0.4, 0.5) is 0 Å². The lowest BCUT2D eigenvalue weighted by Crippen LogP contribution is -2.01. The summed E-state index contributed by atoms with van der Waals surface area (Å²) < 4.78 is 7.26. The third-order valence-electron chi connectivity index (χ3n) is 2.75. The van der Waals surface area contributed by atoms with E-state index in [1.165, 1.54) is 10.8 Å². The van der Waals surface area contributed by atoms with Crippen molar-refractivity contribution in [3.8, 4) is 17.7 Å². The summed E-state index contributed by atoms with van der Waals surface area (Å²) in [6.07, 6.45) is 1.38. The van der Waals surface area contributed by atoms with Crippen LogP contribution in [0.15, 0.2) is 30.6 Å². The highest BCUT2D eigenvalue weighted by molar-refractivity contribution is 6.30. The predicted octanol–water partition coefficient (Wildman–Crippen LogP) is 2.75. The minimum Gasteiger partial charge on any atom is -0.438 e. The molecule has 0 spiro atoms. The van der Waals surface area contributed by atoms with Crippen LogP contribution in [0.5, 0.6) is 11.6 Å². The second kappa shape index (κ2) is 4.79. The van der Waals surface area contributed by atoms with Gasteiger partial charge in [0.2, 0.25) is 5.88 Å². The Morgan fingerprint density at radius 3 is 2.75 bits per heavy atom. The largest absolute Gasteiger partial charge is 0.438 e. The highest BCUT2D eigenvalue weighted by Crippen LogP contribution is 2.28. The van der Waals surface area contributed by atoms with Gasteiger partial charge in [-0.05, 0) is 31.2 Å². The molecule has 7 heteroatoms. The second-order valence-electron chi connectivity index (χ2n) is 4.04. The van der Waals surface area contributed by atoms with E-state index in [1.807, 2.05) is 6.07 Å². The first kappa shape index (κ1) is 12.4. The summed E-state index contributed by atoms with van der Waals surface area (Å²) in [5, 5.41) is 13.1. The first-order valence-corrected chi connectivity index (χ1v) is 6.10. The number of benzene rings is 1. The van der Waals surface area contributed by atoms with Crippen LogP contribution in [0.25, 0.3) is 5.78 Å². The van der Waals surface area contributed by atoms with Crippen molar-refractivity contribution in [1.82, 2.24) is 19.6 Å². The maximum absolute atomic E-state index is 8.77. The van der Waals surface area contributed by atoms with Crippen LogP contribution >= 0.6 is 11.6 Å². The fourth-order valence-electron chi connectivity index (χ4n) is 1.70. The van der Waals surface area contributed by atoms with Crippen LogP contribution in [-0.4, -0.2) is 19.6 Å². The maximum atomic E-state index is 8.77. The van der Waals surface area contributed by atoms with E-state index >= 15 is 0 Å². The van der Waals surface area contributed by atoms with Crippen molar-refractivity contribution in [2.75, 3.05) is 0 Å². The van der Waals surface area contributed by atoms with E-state index in [1.54, 1.807) is 31.2 Å². The average Bonchev–Trinajstić information content (AvgIpc) is 2.92. The van der Waals surface area contributed by atoms with Gasteiger partial charge in [0.15, 0.2) is 0 Å². The summed E-state index contributed by atoms with van der Waals surface area (Å²) in [6, 6.07) is 8.80. The predicted molar refractivity (Wildman–Crippen MR) is 71.8 cm³/mol. The van der Waals surface area contributed by atoms with E-state index in [-0.39, 0.29) is 0 Å². The Bertz CT molecular complexity index is 819. The first-order chi connectivity index (χ1) is 9.69. The number of nitrogens with zero attached hydrogens (tertiary/aromatic N) is 5. The van der Waals surface area contributed by atoms with Gasteiger partial charge in [0, 0.05) is 5.56 Å². The lowest BCUT2D eigenvalue weighted by molar-refractivity contribution is 0.442. The highest BCUT2D eigenvalue weighted by Gasteiger charge is 2.14. The Morgan fingerprint density at radius 1 is 1.30 bits per heavy atom. The molecular weight excluding hydrogens is 278 g/mol. The number of nitriles is 1. The molecule has 0 saturated carbocycles. The molecule has 3 aromatic rings. The standard InChI is InChI=1S/C13H8ClN5O/c1-8-11(14)18-13-16-7-17-19(13)12(8)20-10-4-2-9(6-15)3-5-10/h2-5,7H,1H3. The van der Waals surface area contributed by atoms with Crippen molar-refractivity contribution >= 4 is 17.4 Å². The van der Waals surface area contributed by atoms with Crippen LogP contribution < -0.4 is 4.74 Å². The molecule has 0 radical (unpaired) electrons. The highest BCUT2D eigenvalue weighted by atomic mass is 35.5. The molecule has 0 N–H and O–H groups in total. The third-order valence-corrected chi connectivity index (χ3v) is 3.12. The molecule has 0 unspecified atom stereocenters. The third kappa shape index (κ3) is 2.04. The molecule has 1 aromatic carbocycles. The number of hydrogen-bond acceptors (Lipinski definition) is 5. The van der Waals surface area contributed by atoms with Gasteiger partial charge in [0.25, 0.3) is 5.78 Å². The fourth-order valence-corrected chi connectivity index (χ4v) is 1.86. The molecule has 0 saturated heterocycles. The topological polar surface area (TPSA) is 76.1 Å². The van der Waals surface area contributed by atoms with Crippen molar-refractivity contribution in [2.45, 2.75) is 6.92 Å². The molecule has 0 aliphatic carbocycles. The van der Waals surface area contributed by atoms with Crippen LogP contribution in [0.1, 0.15) is 11.1 Å². The van der Waals surface area contributed by atoms with Gasteiger partial charge in [-0.25, -0.2) is 0 Å². The number of rotatable bonds is 2. The number of ether oxygens (including phenoxy) is 1. The van der Waals surface area contributed by atoms with Gasteiger partial charge >= 0.3 is 0 Å². The maximum Gasteiger partial charge on any atom is 0.256 e.